The molecular formula is C28H28N2O3. The molecule has 0 fully saturated rings. The highest BCUT2D eigenvalue weighted by atomic mass is 16.6. The summed E-state index contributed by atoms with van der Waals surface area (Å²) < 4.78 is 6.78. The van der Waals surface area contributed by atoms with Crippen molar-refractivity contribution in [3.8, 4) is 5.75 Å². The average molecular weight is 441 g/mol. The summed E-state index contributed by atoms with van der Waals surface area (Å²) in [6.45, 7) is 9.33. The molecule has 5 nitrogen and oxygen atoms in total. The Labute approximate surface area is 194 Å². The predicted octanol–water partition coefficient (Wildman–Crippen LogP) is 6.82. The lowest BCUT2D eigenvalue weighted by atomic mass is 9.76. The molecule has 1 unspecified atom stereocenters. The maximum atomic E-state index is 11.3. The largest absolute Gasteiger partial charge is 0.463 e. The molecule has 0 aromatic heterocycles. The summed E-state index contributed by atoms with van der Waals surface area (Å²) in [6, 6.07) is 21.8. The minimum atomic E-state index is -0.753. The Hall–Kier alpha value is -3.60. The number of nitro benzene ring substituents is 1. The fraction of sp³-hybridized carbons (Fsp3) is 0.286. The van der Waals surface area contributed by atoms with Crippen molar-refractivity contribution in [3.63, 3.8) is 0 Å². The molecule has 2 heterocycles. The molecule has 0 spiro atoms. The zero-order chi connectivity index (χ0) is 23.4. The van der Waals surface area contributed by atoms with Crippen LogP contribution in [0.4, 0.5) is 11.4 Å². The van der Waals surface area contributed by atoms with Crippen LogP contribution in [0.25, 0.3) is 6.08 Å². The number of benzene rings is 3. The lowest BCUT2D eigenvalue weighted by Crippen LogP contribution is -2.60. The van der Waals surface area contributed by atoms with Crippen LogP contribution >= 0.6 is 0 Å². The standard InChI is InChI=1S/C28H28N2O3/c1-19(2)21-11-9-20(10-12-21)15-16-28-27(3,4)24-7-5-6-8-25(24)29(28)18-22-17-23(30(31)32)13-14-26(22)33-28/h5-17,19H,18H2,1-4H3/b16-15+. The van der Waals surface area contributed by atoms with Crippen LogP contribution < -0.4 is 9.64 Å². The van der Waals surface area contributed by atoms with Crippen LogP contribution in [0, 0.1) is 10.1 Å². The van der Waals surface area contributed by atoms with Gasteiger partial charge in [0.15, 0.2) is 0 Å². The second-order valence-corrected chi connectivity index (χ2v) is 9.73. The summed E-state index contributed by atoms with van der Waals surface area (Å²) in [5.41, 5.74) is 4.52. The first-order chi connectivity index (χ1) is 15.7. The molecule has 33 heavy (non-hydrogen) atoms. The lowest BCUT2D eigenvalue weighted by Gasteiger charge is -2.48. The molecular weight excluding hydrogens is 412 g/mol. The first-order valence-corrected chi connectivity index (χ1v) is 11.4. The molecule has 0 bridgehead atoms. The van der Waals surface area contributed by atoms with E-state index >= 15 is 0 Å². The number of non-ortho nitro benzene ring substituents is 1. The summed E-state index contributed by atoms with van der Waals surface area (Å²) in [5, 5.41) is 11.3. The van der Waals surface area contributed by atoms with E-state index in [9.17, 15) is 10.1 Å². The van der Waals surface area contributed by atoms with Gasteiger partial charge in [-0.15, -0.1) is 0 Å². The van der Waals surface area contributed by atoms with E-state index < -0.39 is 5.72 Å². The van der Waals surface area contributed by atoms with Gasteiger partial charge in [-0.1, -0.05) is 62.4 Å². The Morgan fingerprint density at radius 1 is 1.06 bits per heavy atom. The monoisotopic (exact) mass is 440 g/mol. The van der Waals surface area contributed by atoms with Gasteiger partial charge >= 0.3 is 0 Å². The van der Waals surface area contributed by atoms with Crippen molar-refractivity contribution in [1.29, 1.82) is 0 Å². The topological polar surface area (TPSA) is 55.6 Å². The van der Waals surface area contributed by atoms with Gasteiger partial charge in [0.25, 0.3) is 5.69 Å². The Morgan fingerprint density at radius 2 is 1.79 bits per heavy atom. The van der Waals surface area contributed by atoms with E-state index in [0.29, 0.717) is 18.2 Å². The second-order valence-electron chi connectivity index (χ2n) is 9.73. The maximum Gasteiger partial charge on any atom is 0.270 e. The van der Waals surface area contributed by atoms with Gasteiger partial charge in [-0.2, -0.15) is 0 Å². The molecule has 5 heteroatoms. The minimum absolute atomic E-state index is 0.0809. The molecule has 0 radical (unpaired) electrons. The smallest absolute Gasteiger partial charge is 0.270 e. The summed E-state index contributed by atoms with van der Waals surface area (Å²) >= 11 is 0. The first kappa shape index (κ1) is 21.3. The van der Waals surface area contributed by atoms with Gasteiger partial charge < -0.3 is 9.64 Å². The first-order valence-electron chi connectivity index (χ1n) is 11.4. The Morgan fingerprint density at radius 3 is 2.48 bits per heavy atom. The molecule has 0 saturated heterocycles. The normalized spacial score (nSPS) is 20.3. The summed E-state index contributed by atoms with van der Waals surface area (Å²) in [6.07, 6.45) is 4.28. The number of hydrogen-bond donors (Lipinski definition) is 0. The van der Waals surface area contributed by atoms with Crippen LogP contribution in [0.2, 0.25) is 0 Å². The highest BCUT2D eigenvalue weighted by molar-refractivity contribution is 5.71. The van der Waals surface area contributed by atoms with E-state index in [1.165, 1.54) is 17.2 Å². The number of nitro groups is 1. The number of anilines is 1. The van der Waals surface area contributed by atoms with Crippen LogP contribution in [-0.4, -0.2) is 10.6 Å². The fourth-order valence-corrected chi connectivity index (χ4v) is 5.11. The summed E-state index contributed by atoms with van der Waals surface area (Å²) in [5.74, 6) is 1.18. The quantitative estimate of drug-likeness (QED) is 0.330. The zero-order valence-electron chi connectivity index (χ0n) is 19.4. The lowest BCUT2D eigenvalue weighted by molar-refractivity contribution is -0.385. The summed E-state index contributed by atoms with van der Waals surface area (Å²) in [4.78, 5) is 13.2. The Bertz CT molecular complexity index is 1260. The van der Waals surface area contributed by atoms with Crippen molar-refractivity contribution < 1.29 is 9.66 Å². The van der Waals surface area contributed by atoms with E-state index in [4.69, 9.17) is 4.74 Å². The van der Waals surface area contributed by atoms with E-state index in [2.05, 4.69) is 87.2 Å². The van der Waals surface area contributed by atoms with Gasteiger partial charge in [-0.05, 0) is 54.7 Å². The average Bonchev–Trinajstić information content (AvgIpc) is 3.00. The minimum Gasteiger partial charge on any atom is -0.463 e. The number of rotatable bonds is 4. The highest BCUT2D eigenvalue weighted by Crippen LogP contribution is 2.56. The molecule has 0 saturated carbocycles. The van der Waals surface area contributed by atoms with Gasteiger partial charge in [-0.3, -0.25) is 10.1 Å². The van der Waals surface area contributed by atoms with Crippen LogP contribution in [0.5, 0.6) is 5.75 Å². The van der Waals surface area contributed by atoms with Crippen LogP contribution in [0.3, 0.4) is 0 Å². The van der Waals surface area contributed by atoms with E-state index in [0.717, 1.165) is 16.8 Å². The van der Waals surface area contributed by atoms with Crippen molar-refractivity contribution in [2.75, 3.05) is 4.90 Å². The van der Waals surface area contributed by atoms with Gasteiger partial charge in [0.2, 0.25) is 5.72 Å². The third-order valence-corrected chi connectivity index (χ3v) is 7.12. The van der Waals surface area contributed by atoms with Crippen molar-refractivity contribution in [3.05, 3.63) is 105 Å². The van der Waals surface area contributed by atoms with Crippen molar-refractivity contribution in [2.45, 2.75) is 51.3 Å². The third-order valence-electron chi connectivity index (χ3n) is 7.12. The van der Waals surface area contributed by atoms with Crippen LogP contribution in [0.15, 0.2) is 72.8 Å². The summed E-state index contributed by atoms with van der Waals surface area (Å²) in [7, 11) is 0. The number of fused-ring (bicyclic) bond motifs is 4. The molecule has 3 aromatic carbocycles. The van der Waals surface area contributed by atoms with E-state index in [1.54, 1.807) is 12.1 Å². The molecule has 5 rings (SSSR count). The van der Waals surface area contributed by atoms with Gasteiger partial charge in [-0.25, -0.2) is 0 Å². The van der Waals surface area contributed by atoms with Gasteiger partial charge in [0, 0.05) is 23.4 Å². The van der Waals surface area contributed by atoms with Gasteiger partial charge in [0.05, 0.1) is 16.9 Å². The van der Waals surface area contributed by atoms with Crippen molar-refractivity contribution in [2.24, 2.45) is 0 Å². The van der Waals surface area contributed by atoms with Gasteiger partial charge in [0.1, 0.15) is 5.75 Å². The molecule has 2 aliphatic heterocycles. The highest BCUT2D eigenvalue weighted by Gasteiger charge is 2.59. The number of hydrogen-bond acceptors (Lipinski definition) is 4. The molecule has 3 aromatic rings. The van der Waals surface area contributed by atoms with E-state index in [-0.39, 0.29) is 16.0 Å². The molecule has 2 aliphatic rings. The van der Waals surface area contributed by atoms with E-state index in [1.807, 2.05) is 6.07 Å². The van der Waals surface area contributed by atoms with Crippen LogP contribution in [-0.2, 0) is 12.0 Å². The molecule has 0 amide bonds. The second kappa shape index (κ2) is 7.48. The predicted molar refractivity (Wildman–Crippen MR) is 132 cm³/mol. The molecule has 0 N–H and O–H groups in total. The molecule has 1 atom stereocenters. The maximum absolute atomic E-state index is 11.3. The van der Waals surface area contributed by atoms with Crippen molar-refractivity contribution in [1.82, 2.24) is 0 Å². The third kappa shape index (κ3) is 3.22. The van der Waals surface area contributed by atoms with Crippen molar-refractivity contribution >= 4 is 17.5 Å². The number of ether oxygens (including phenoxy) is 1. The SMILES string of the molecule is CC(C)c1ccc(/C=C/C23Oc4ccc([N+](=O)[O-])cc4CN2c2ccccc2C3(C)C)cc1. The zero-order valence-corrected chi connectivity index (χ0v) is 19.4. The Kier molecular flexibility index (Phi) is 4.82. The molecule has 0 aliphatic carbocycles. The number of nitrogens with zero attached hydrogens (tertiary/aromatic N) is 2. The fourth-order valence-electron chi connectivity index (χ4n) is 5.11. The Balaban J connectivity index is 1.63. The molecule has 168 valence electrons. The number of para-hydroxylation sites is 1. The van der Waals surface area contributed by atoms with Crippen LogP contribution in [0.1, 0.15) is 55.9 Å².